The van der Waals surface area contributed by atoms with E-state index in [4.69, 9.17) is 4.98 Å². The first kappa shape index (κ1) is 21.6. The molecule has 5 heteroatoms. The third kappa shape index (κ3) is 4.32. The van der Waals surface area contributed by atoms with E-state index in [1.165, 1.54) is 12.0 Å². The number of hydrogen-bond acceptors (Lipinski definition) is 3. The summed E-state index contributed by atoms with van der Waals surface area (Å²) >= 11 is 1.60. The van der Waals surface area contributed by atoms with Crippen LogP contribution >= 0.6 is 11.8 Å². The summed E-state index contributed by atoms with van der Waals surface area (Å²) in [6.45, 7) is 8.85. The van der Waals surface area contributed by atoms with Gasteiger partial charge in [0.05, 0.1) is 16.8 Å². The highest BCUT2D eigenvalue weighted by atomic mass is 32.2. The second kappa shape index (κ2) is 8.26. The highest BCUT2D eigenvalue weighted by molar-refractivity contribution is 7.99. The maximum Gasteiger partial charge on any atom is 0.233 e. The molecule has 1 amide bonds. The maximum atomic E-state index is 13.3. The van der Waals surface area contributed by atoms with Crippen LogP contribution in [0.5, 0.6) is 0 Å². The number of amides is 1. The summed E-state index contributed by atoms with van der Waals surface area (Å²) in [4.78, 5) is 20.3. The van der Waals surface area contributed by atoms with Gasteiger partial charge in [-0.15, -0.1) is 0 Å². The maximum absolute atomic E-state index is 13.3. The molecule has 5 rings (SSSR count). The van der Waals surface area contributed by atoms with Crippen LogP contribution in [0.1, 0.15) is 45.6 Å². The summed E-state index contributed by atoms with van der Waals surface area (Å²) in [7, 11) is 0. The van der Waals surface area contributed by atoms with Crippen molar-refractivity contribution < 1.29 is 4.79 Å². The average Bonchev–Trinajstić information content (AvgIpc) is 3.23. The Morgan fingerprint density at radius 2 is 1.81 bits per heavy atom. The second-order valence-corrected chi connectivity index (χ2v) is 11.7. The Morgan fingerprint density at radius 3 is 2.62 bits per heavy atom. The number of imidazole rings is 1. The molecule has 2 aromatic carbocycles. The highest BCUT2D eigenvalue weighted by Crippen LogP contribution is 2.52. The molecule has 0 N–H and O–H groups in total. The van der Waals surface area contributed by atoms with Gasteiger partial charge in [-0.1, -0.05) is 75.0 Å². The summed E-state index contributed by atoms with van der Waals surface area (Å²) in [6, 6.07) is 19.3. The molecule has 4 nitrogen and oxygen atoms in total. The summed E-state index contributed by atoms with van der Waals surface area (Å²) in [5.41, 5.74) is 4.06. The molecule has 1 aliphatic heterocycles. The van der Waals surface area contributed by atoms with E-state index in [2.05, 4.69) is 78.8 Å². The van der Waals surface area contributed by atoms with Gasteiger partial charge < -0.3 is 9.47 Å². The van der Waals surface area contributed by atoms with Crippen molar-refractivity contribution in [2.45, 2.75) is 64.2 Å². The van der Waals surface area contributed by atoms with Crippen molar-refractivity contribution in [2.24, 2.45) is 10.8 Å². The number of nitrogens with zero attached hydrogens (tertiary/aromatic N) is 3. The van der Waals surface area contributed by atoms with Gasteiger partial charge in [0.2, 0.25) is 5.91 Å². The van der Waals surface area contributed by atoms with Crippen molar-refractivity contribution in [2.75, 3.05) is 12.3 Å². The average molecular weight is 448 g/mol. The lowest BCUT2D eigenvalue weighted by molar-refractivity contribution is -0.129. The molecule has 32 heavy (non-hydrogen) atoms. The van der Waals surface area contributed by atoms with Crippen molar-refractivity contribution in [3.05, 3.63) is 60.2 Å². The molecule has 2 atom stereocenters. The van der Waals surface area contributed by atoms with Crippen LogP contribution in [-0.4, -0.2) is 38.7 Å². The van der Waals surface area contributed by atoms with Gasteiger partial charge in [-0.2, -0.15) is 0 Å². The van der Waals surface area contributed by atoms with E-state index < -0.39 is 0 Å². The second-order valence-electron chi connectivity index (χ2n) is 10.8. The molecular weight excluding hydrogens is 414 g/mol. The van der Waals surface area contributed by atoms with Crippen LogP contribution in [0.4, 0.5) is 0 Å². The number of para-hydroxylation sites is 2. The molecule has 3 aromatic rings. The molecule has 1 aromatic heterocycles. The zero-order chi connectivity index (χ0) is 22.3. The Balaban J connectivity index is 1.31. The molecule has 0 unspecified atom stereocenters. The van der Waals surface area contributed by atoms with E-state index in [1.54, 1.807) is 11.8 Å². The van der Waals surface area contributed by atoms with Gasteiger partial charge in [-0.25, -0.2) is 4.98 Å². The van der Waals surface area contributed by atoms with Gasteiger partial charge in [0.25, 0.3) is 0 Å². The molecule has 2 heterocycles. The van der Waals surface area contributed by atoms with E-state index in [-0.39, 0.29) is 11.3 Å². The van der Waals surface area contributed by atoms with Crippen LogP contribution in [0.25, 0.3) is 11.0 Å². The lowest BCUT2D eigenvalue weighted by atomic mass is 9.65. The normalized spacial score (nSPS) is 24.2. The summed E-state index contributed by atoms with van der Waals surface area (Å²) in [6.07, 6.45) is 4.43. The van der Waals surface area contributed by atoms with Crippen molar-refractivity contribution in [1.29, 1.82) is 0 Å². The minimum absolute atomic E-state index is 0.267. The van der Waals surface area contributed by atoms with Gasteiger partial charge in [0.1, 0.15) is 0 Å². The number of carbonyl (C=O) groups is 1. The molecule has 0 radical (unpaired) electrons. The van der Waals surface area contributed by atoms with E-state index >= 15 is 0 Å². The van der Waals surface area contributed by atoms with Crippen LogP contribution in [-0.2, 0) is 17.8 Å². The standard InChI is InChI=1S/C27H33N3OS/c1-26(2)15-21-16-27(3,18-26)19-30(21)24(31)17-32-25-28-22-11-7-8-12-23(22)29(25)14-13-20-9-5-4-6-10-20/h4-12,21H,13-19H2,1-3H3/t21-,27+/m0/s1. The number of fused-ring (bicyclic) bond motifs is 3. The number of aryl methyl sites for hydroxylation is 2. The Bertz CT molecular complexity index is 1120. The van der Waals surface area contributed by atoms with E-state index in [0.29, 0.717) is 17.2 Å². The SMILES string of the molecule is CC1(C)C[C@H]2C[C@@](C)(CN2C(=O)CSc2nc3ccccc3n2CCc2ccccc2)C1. The van der Waals surface area contributed by atoms with Crippen molar-refractivity contribution in [3.63, 3.8) is 0 Å². The summed E-state index contributed by atoms with van der Waals surface area (Å²) < 4.78 is 2.28. The predicted octanol–water partition coefficient (Wildman–Crippen LogP) is 5.80. The van der Waals surface area contributed by atoms with Gasteiger partial charge >= 0.3 is 0 Å². The van der Waals surface area contributed by atoms with Gasteiger partial charge in [0.15, 0.2) is 5.16 Å². The number of benzene rings is 2. The Hall–Kier alpha value is -2.27. The molecule has 168 valence electrons. The van der Waals surface area contributed by atoms with E-state index in [1.807, 2.05) is 6.07 Å². The molecular formula is C27H33N3OS. The summed E-state index contributed by atoms with van der Waals surface area (Å²) in [5.74, 6) is 0.727. The third-order valence-electron chi connectivity index (χ3n) is 7.15. The van der Waals surface area contributed by atoms with Crippen molar-refractivity contribution in [3.8, 4) is 0 Å². The molecule has 1 saturated carbocycles. The molecule has 2 bridgehead atoms. The van der Waals surface area contributed by atoms with Crippen LogP contribution in [0.15, 0.2) is 59.8 Å². The van der Waals surface area contributed by atoms with Crippen molar-refractivity contribution in [1.82, 2.24) is 14.5 Å². The highest BCUT2D eigenvalue weighted by Gasteiger charge is 2.50. The zero-order valence-corrected chi connectivity index (χ0v) is 20.2. The van der Waals surface area contributed by atoms with Crippen LogP contribution in [0, 0.1) is 10.8 Å². The number of aromatic nitrogens is 2. The van der Waals surface area contributed by atoms with Gasteiger partial charge in [0, 0.05) is 19.1 Å². The monoisotopic (exact) mass is 447 g/mol. The van der Waals surface area contributed by atoms with Gasteiger partial charge in [-0.3, -0.25) is 4.79 Å². The van der Waals surface area contributed by atoms with Crippen LogP contribution in [0.2, 0.25) is 0 Å². The van der Waals surface area contributed by atoms with Crippen molar-refractivity contribution >= 4 is 28.7 Å². The fraction of sp³-hybridized carbons (Fsp3) is 0.481. The molecule has 0 spiro atoms. The molecule has 2 fully saturated rings. The fourth-order valence-electron chi connectivity index (χ4n) is 6.23. The smallest absolute Gasteiger partial charge is 0.233 e. The minimum atomic E-state index is 0.267. The number of likely N-dealkylation sites (tertiary alicyclic amines) is 1. The fourth-order valence-corrected chi connectivity index (χ4v) is 7.15. The topological polar surface area (TPSA) is 38.1 Å². The molecule has 1 aliphatic carbocycles. The zero-order valence-electron chi connectivity index (χ0n) is 19.4. The van der Waals surface area contributed by atoms with Crippen LogP contribution < -0.4 is 0 Å². The number of thioether (sulfide) groups is 1. The first-order valence-corrected chi connectivity index (χ1v) is 12.7. The Morgan fingerprint density at radius 1 is 1.06 bits per heavy atom. The summed E-state index contributed by atoms with van der Waals surface area (Å²) in [5, 5.41) is 0.948. The minimum Gasteiger partial charge on any atom is -0.338 e. The lowest BCUT2D eigenvalue weighted by Gasteiger charge is -2.39. The molecule has 2 aliphatic rings. The van der Waals surface area contributed by atoms with Gasteiger partial charge in [-0.05, 0) is 54.2 Å². The Kier molecular flexibility index (Phi) is 5.56. The lowest BCUT2D eigenvalue weighted by Crippen LogP contribution is -2.38. The number of rotatable bonds is 6. The number of hydrogen-bond donors (Lipinski definition) is 0. The predicted molar refractivity (Wildman–Crippen MR) is 132 cm³/mol. The number of carbonyl (C=O) groups excluding carboxylic acids is 1. The Labute approximate surface area is 195 Å². The third-order valence-corrected chi connectivity index (χ3v) is 8.11. The molecule has 1 saturated heterocycles. The van der Waals surface area contributed by atoms with Crippen LogP contribution in [0.3, 0.4) is 0 Å². The quantitative estimate of drug-likeness (QED) is 0.448. The first-order valence-electron chi connectivity index (χ1n) is 11.7. The van der Waals surface area contributed by atoms with E-state index in [9.17, 15) is 4.79 Å². The van der Waals surface area contributed by atoms with E-state index in [0.717, 1.165) is 48.5 Å². The first-order chi connectivity index (χ1) is 15.3. The largest absolute Gasteiger partial charge is 0.338 e.